The van der Waals surface area contributed by atoms with Crippen LogP contribution in [-0.2, 0) is 91.3 Å². The first-order valence-electron chi connectivity index (χ1n) is 29.0. The van der Waals surface area contributed by atoms with E-state index in [1.165, 1.54) is 34.3 Å². The van der Waals surface area contributed by atoms with E-state index >= 15 is 8.78 Å². The van der Waals surface area contributed by atoms with Crippen LogP contribution in [0.4, 0.5) is 35.7 Å². The number of rotatable bonds is 26. The van der Waals surface area contributed by atoms with Gasteiger partial charge < -0.3 is 81.1 Å². The first kappa shape index (κ1) is 71.4. The molecule has 0 radical (unpaired) electrons. The van der Waals surface area contributed by atoms with E-state index in [1.807, 2.05) is 0 Å². The number of fused-ring (bicyclic) bond motifs is 4. The number of carbonyl (C=O) groups is 8. The zero-order chi connectivity index (χ0) is 67.5. The number of anilines is 3. The van der Waals surface area contributed by atoms with E-state index in [0.717, 1.165) is 19.0 Å². The average Bonchev–Trinajstić information content (AvgIpc) is 1.62. The monoisotopic (exact) mass is 1380 g/mol. The fraction of sp³-hybridized carbons (Fsp3) is 0.547. The summed E-state index contributed by atoms with van der Waals surface area (Å²) in [4.78, 5) is 149. The maximum absolute atomic E-state index is 16.7. The number of aliphatic carboxylic acids is 1. The number of halogens is 2. The summed E-state index contributed by atoms with van der Waals surface area (Å²) in [6.07, 6.45) is -10.2. The van der Waals surface area contributed by atoms with Gasteiger partial charge in [-0.15, -0.1) is 0 Å². The fourth-order valence-electron chi connectivity index (χ4n) is 10.1. The molecule has 13 atom stereocenters. The number of ether oxygens (including phenoxy) is 3. The largest absolute Gasteiger partial charge is 0.481 e. The van der Waals surface area contributed by atoms with Crippen molar-refractivity contribution in [2.24, 2.45) is 23.5 Å². The first-order valence-corrected chi connectivity index (χ1v) is 34.2. The molecule has 0 bridgehead atoms. The Hall–Kier alpha value is -7.48. The molecule has 3 aliphatic rings. The minimum absolute atomic E-state index is 0.00929. The van der Waals surface area contributed by atoms with Gasteiger partial charge in [0.15, 0.2) is 59.0 Å². The summed E-state index contributed by atoms with van der Waals surface area (Å²) < 4.78 is 75.3. The lowest BCUT2D eigenvalue weighted by atomic mass is 9.89. The number of nitrogens with one attached hydrogen (secondary N) is 5. The van der Waals surface area contributed by atoms with Crippen molar-refractivity contribution in [1.29, 1.82) is 0 Å². The van der Waals surface area contributed by atoms with E-state index < -0.39 is 141 Å². The number of primary amides is 1. The second kappa shape index (κ2) is 31.6. The van der Waals surface area contributed by atoms with E-state index in [2.05, 4.69) is 56.5 Å². The van der Waals surface area contributed by atoms with Crippen LogP contribution in [-0.4, -0.2) is 189 Å². The Bertz CT molecular complexity index is 3660. The highest BCUT2D eigenvalue weighted by atomic mass is 32.5. The highest BCUT2D eigenvalue weighted by Gasteiger charge is 2.54. The number of imidazole rings is 2. The number of nitrogen functional groups attached to an aromatic ring is 1. The molecule has 34 nitrogen and oxygen atoms in total. The topological polar surface area (TPSA) is 464 Å². The molecule has 3 aliphatic heterocycles. The number of nitrogens with zero attached hydrogens (tertiary/aromatic N) is 9. The summed E-state index contributed by atoms with van der Waals surface area (Å²) >= 11 is 10.5. The van der Waals surface area contributed by atoms with Crippen LogP contribution in [0.25, 0.3) is 22.3 Å². The quantitative estimate of drug-likeness (QED) is 0.0281. The minimum atomic E-state index is -4.42. The minimum Gasteiger partial charge on any atom is -0.481 e. The van der Waals surface area contributed by atoms with Crippen LogP contribution in [0.5, 0.6) is 0 Å². The molecule has 3 unspecified atom stereocenters. The van der Waals surface area contributed by atoms with Gasteiger partial charge in [0.05, 0.1) is 38.3 Å². The zero-order valence-corrected chi connectivity index (χ0v) is 53.8. The third-order valence-corrected chi connectivity index (χ3v) is 18.1. The van der Waals surface area contributed by atoms with Crippen molar-refractivity contribution in [3.05, 3.63) is 55.1 Å². The molecule has 0 aliphatic carbocycles. The number of nitrogens with two attached hydrogens (primary N) is 2. The molecule has 93 heavy (non-hydrogen) atoms. The highest BCUT2D eigenvalue weighted by molar-refractivity contribution is 8.07. The van der Waals surface area contributed by atoms with Crippen molar-refractivity contribution in [2.75, 3.05) is 56.3 Å². The van der Waals surface area contributed by atoms with E-state index in [9.17, 15) is 48.1 Å². The van der Waals surface area contributed by atoms with Gasteiger partial charge in [-0.3, -0.25) is 46.9 Å². The van der Waals surface area contributed by atoms with Gasteiger partial charge in [-0.1, -0.05) is 32.9 Å². The van der Waals surface area contributed by atoms with Gasteiger partial charge in [0.25, 0.3) is 0 Å². The van der Waals surface area contributed by atoms with Crippen LogP contribution in [0.3, 0.4) is 0 Å². The van der Waals surface area contributed by atoms with Crippen LogP contribution >= 0.6 is 13.4 Å². The third-order valence-electron chi connectivity index (χ3n) is 14.9. The number of ketones is 1. The molecular weight excluding hydrogens is 1310 g/mol. The Morgan fingerprint density at radius 3 is 1.95 bits per heavy atom. The van der Waals surface area contributed by atoms with Gasteiger partial charge in [0.2, 0.25) is 23.6 Å². The number of aromatic nitrogens is 8. The SMILES string of the molecule is CC(CC(=O)O)C(=O)NCCC(=O)N[C@H](C(=O)C[C@@H](CCCNC(N)=O)C(=O)Nc1ccc(COC(=O)N(C)CCCC(=O)Nc2ncnc3c2ncn3[C@@H]2O[C@@H]3COP(O)(=S)O[C@H]4[C@@H](F)[C@H](n5cnc6c(N)ncnc65)O[C@@H]4COP(O)(=S)O[C@H]3[C@H]2F)cc1)C(C)C. The van der Waals surface area contributed by atoms with Crippen LogP contribution < -0.4 is 38.1 Å². The second-order valence-electron chi connectivity index (χ2n) is 22.3. The number of alkyl halides is 2. The molecule has 40 heteroatoms. The summed E-state index contributed by atoms with van der Waals surface area (Å²) in [5.41, 5.74) is 12.2. The Labute approximate surface area is 538 Å². The fourth-order valence-corrected chi connectivity index (χ4v) is 13.0. The molecule has 5 aromatic rings. The van der Waals surface area contributed by atoms with E-state index in [4.69, 9.17) is 72.5 Å². The van der Waals surface area contributed by atoms with E-state index in [1.54, 1.807) is 38.1 Å². The summed E-state index contributed by atoms with van der Waals surface area (Å²) in [5, 5.41) is 22.0. The van der Waals surface area contributed by atoms with Gasteiger partial charge in [-0.25, -0.2) is 48.3 Å². The normalized spacial score (nSPS) is 24.9. The maximum atomic E-state index is 16.7. The van der Waals surface area contributed by atoms with Crippen molar-refractivity contribution in [2.45, 2.75) is 128 Å². The lowest BCUT2D eigenvalue weighted by molar-refractivity contribution is -0.140. The molecule has 12 N–H and O–H groups in total. The highest BCUT2D eigenvalue weighted by Crippen LogP contribution is 2.55. The van der Waals surface area contributed by atoms with Crippen molar-refractivity contribution < 1.29 is 94.3 Å². The second-order valence-corrected chi connectivity index (χ2v) is 27.8. The summed E-state index contributed by atoms with van der Waals surface area (Å²) in [6, 6.07) is 4.58. The average molecular weight is 1380 g/mol. The number of hydrogen-bond acceptors (Lipinski definition) is 24. The third kappa shape index (κ3) is 18.9. The van der Waals surface area contributed by atoms with Crippen LogP contribution in [0.15, 0.2) is 49.6 Å². The molecular formula is C53H70F2N16O18P2S2. The molecule has 506 valence electrons. The lowest BCUT2D eigenvalue weighted by Gasteiger charge is -2.29. The smallest absolute Gasteiger partial charge is 0.409 e. The van der Waals surface area contributed by atoms with Gasteiger partial charge in [-0.2, -0.15) is 0 Å². The lowest BCUT2D eigenvalue weighted by Crippen LogP contribution is -2.46. The standard InChI is InChI=1S/C53H70F2N16O18P2S2/c1-26(2)39(67-35(74)13-15-58-48(77)27(3)17-36(75)76)31(72)18-29(7-5-14-59-52(57)79)49(78)66-30-11-9-28(10-12-30)19-83-53(80)69(4)16-6-8-34(73)68-45-41-47(63-23-61-45)71(25-65-41)51-38(55)43-33(87-51)21-85-90(81,92)88-42-32(20-84-91(82,93)89-43)86-50(37(42)54)70-24-64-40-44(56)60-22-62-46(40)70/h9-12,22-27,29,32-33,37-39,42-43,50-51H,5-8,13-21H2,1-4H3,(H,58,77)(H,66,78)(H,67,74)(H,75,76)(H,81,92)(H,82,93)(H2,56,60,62)(H3,57,59,79)(H,61,63,68,73)/t27?,29-,32-,33-,37-,38-,39+,42-,43-,50-,51-,90?,91?/m1/s1. The number of carbonyl (C=O) groups excluding carboxylic acids is 7. The Balaban J connectivity index is 0.797. The predicted octanol–water partition coefficient (Wildman–Crippen LogP) is 2.68. The number of amides is 7. The first-order chi connectivity index (χ1) is 44.1. The van der Waals surface area contributed by atoms with Gasteiger partial charge in [0, 0.05) is 63.5 Å². The molecule has 3 saturated heterocycles. The molecule has 0 saturated carbocycles. The number of Topliss-reactive ketones (excluding diaryl/α,β-unsaturated/α-hetero) is 1. The number of carboxylic acid groups (broad SMARTS) is 1. The van der Waals surface area contributed by atoms with Gasteiger partial charge in [-0.05, 0) is 66.5 Å². The molecule has 7 amide bonds. The van der Waals surface area contributed by atoms with Crippen LogP contribution in [0, 0.1) is 17.8 Å². The maximum Gasteiger partial charge on any atom is 0.409 e. The van der Waals surface area contributed by atoms with Gasteiger partial charge in [0.1, 0.15) is 49.2 Å². The van der Waals surface area contributed by atoms with Gasteiger partial charge >= 0.3 is 31.5 Å². The summed E-state index contributed by atoms with van der Waals surface area (Å²) in [7, 11) is 1.47. The van der Waals surface area contributed by atoms with E-state index in [0.29, 0.717) is 11.3 Å². The molecule has 1 aromatic carbocycles. The Morgan fingerprint density at radius 2 is 1.35 bits per heavy atom. The number of urea groups is 1. The van der Waals surface area contributed by atoms with Crippen molar-refractivity contribution in [3.63, 3.8) is 0 Å². The summed E-state index contributed by atoms with van der Waals surface area (Å²) in [5.74, 6) is -5.89. The van der Waals surface area contributed by atoms with Crippen LogP contribution in [0.2, 0.25) is 0 Å². The molecule has 0 spiro atoms. The molecule has 8 rings (SSSR count). The van der Waals surface area contributed by atoms with Crippen LogP contribution in [0.1, 0.15) is 83.7 Å². The summed E-state index contributed by atoms with van der Waals surface area (Å²) in [6.45, 7) is -5.44. The number of benzene rings is 1. The Morgan fingerprint density at radius 1 is 0.763 bits per heavy atom. The van der Waals surface area contributed by atoms with Crippen molar-refractivity contribution in [3.8, 4) is 0 Å². The Kier molecular flexibility index (Phi) is 24.3. The number of hydrogen-bond donors (Lipinski definition) is 10. The van der Waals surface area contributed by atoms with Crippen molar-refractivity contribution >= 4 is 124 Å². The van der Waals surface area contributed by atoms with E-state index in [-0.39, 0.29) is 111 Å². The zero-order valence-electron chi connectivity index (χ0n) is 50.4. The molecule has 4 aromatic heterocycles. The predicted molar refractivity (Wildman–Crippen MR) is 329 cm³/mol. The molecule has 7 heterocycles. The molecule has 3 fully saturated rings. The van der Waals surface area contributed by atoms with Crippen molar-refractivity contribution in [1.82, 2.24) is 59.9 Å². The number of carboxylic acids is 1.